The van der Waals surface area contributed by atoms with Gasteiger partial charge in [-0.2, -0.15) is 0 Å². The molecule has 1 atom stereocenters. The Labute approximate surface area is 133 Å². The average molecular weight is 324 g/mol. The van der Waals surface area contributed by atoms with Gasteiger partial charge in [-0.1, -0.05) is 23.8 Å². The summed E-state index contributed by atoms with van der Waals surface area (Å²) < 4.78 is 5.03. The van der Waals surface area contributed by atoms with E-state index in [1.54, 1.807) is 11.3 Å². The lowest BCUT2D eigenvalue weighted by atomic mass is 9.96. The number of methoxy groups -OCH3 is 1. The van der Waals surface area contributed by atoms with Crippen LogP contribution < -0.4 is 0 Å². The predicted octanol–water partition coefficient (Wildman–Crippen LogP) is 3.49. The van der Waals surface area contributed by atoms with Crippen LogP contribution in [-0.2, 0) is 22.5 Å². The van der Waals surface area contributed by atoms with E-state index in [4.69, 9.17) is 16.3 Å². The zero-order valence-electron chi connectivity index (χ0n) is 12.0. The standard InChI is InChI=1S/C16H18ClNO2S/c1-20-16(19)15(12-4-2-3-5-13(12)17)18-8-6-14-11(10-18)7-9-21-14/h4-5,7,9,15H,2-3,6,8,10H2,1H3. The largest absolute Gasteiger partial charge is 0.468 e. The van der Waals surface area contributed by atoms with Gasteiger partial charge in [0.15, 0.2) is 0 Å². The summed E-state index contributed by atoms with van der Waals surface area (Å²) in [4.78, 5) is 15.9. The van der Waals surface area contributed by atoms with Crippen molar-refractivity contribution in [3.63, 3.8) is 0 Å². The zero-order valence-corrected chi connectivity index (χ0v) is 13.5. The first-order valence-corrected chi connectivity index (χ1v) is 8.39. The maximum absolute atomic E-state index is 12.3. The number of carbonyl (C=O) groups is 1. The molecule has 21 heavy (non-hydrogen) atoms. The molecule has 0 saturated carbocycles. The molecule has 2 heterocycles. The predicted molar refractivity (Wildman–Crippen MR) is 85.5 cm³/mol. The van der Waals surface area contributed by atoms with E-state index in [9.17, 15) is 4.79 Å². The fourth-order valence-corrected chi connectivity index (χ4v) is 4.16. The van der Waals surface area contributed by atoms with E-state index >= 15 is 0 Å². The Morgan fingerprint density at radius 3 is 3.00 bits per heavy atom. The molecule has 0 amide bonds. The lowest BCUT2D eigenvalue weighted by Gasteiger charge is -2.34. The molecule has 5 heteroatoms. The molecule has 0 spiro atoms. The first kappa shape index (κ1) is 14.8. The van der Waals surface area contributed by atoms with Gasteiger partial charge in [-0.15, -0.1) is 11.3 Å². The quantitative estimate of drug-likeness (QED) is 0.797. The monoisotopic (exact) mass is 323 g/mol. The van der Waals surface area contributed by atoms with E-state index in [2.05, 4.69) is 22.4 Å². The van der Waals surface area contributed by atoms with Gasteiger partial charge in [-0.25, -0.2) is 4.79 Å². The molecular formula is C16H18ClNO2S. The second-order valence-electron chi connectivity index (χ2n) is 5.30. The number of thiophene rings is 1. The van der Waals surface area contributed by atoms with Crippen LogP contribution >= 0.6 is 22.9 Å². The van der Waals surface area contributed by atoms with Gasteiger partial charge in [-0.3, -0.25) is 4.90 Å². The third kappa shape index (κ3) is 2.93. The number of halogens is 1. The molecule has 3 nitrogen and oxygen atoms in total. The van der Waals surface area contributed by atoms with E-state index in [-0.39, 0.29) is 5.97 Å². The molecule has 3 rings (SSSR count). The SMILES string of the molecule is COC(=O)C(C1=CCCC=C1Cl)N1CCc2sccc2C1. The summed E-state index contributed by atoms with van der Waals surface area (Å²) in [7, 11) is 1.44. The van der Waals surface area contributed by atoms with Gasteiger partial charge in [-0.05, 0) is 41.8 Å². The van der Waals surface area contributed by atoms with Crippen LogP contribution in [-0.4, -0.2) is 30.6 Å². The van der Waals surface area contributed by atoms with Crippen molar-refractivity contribution < 1.29 is 9.53 Å². The highest BCUT2D eigenvalue weighted by Gasteiger charge is 2.34. The fraction of sp³-hybridized carbons (Fsp3) is 0.438. The van der Waals surface area contributed by atoms with Gasteiger partial charge >= 0.3 is 5.97 Å². The van der Waals surface area contributed by atoms with Crippen molar-refractivity contribution in [2.45, 2.75) is 31.8 Å². The maximum atomic E-state index is 12.3. The van der Waals surface area contributed by atoms with Crippen molar-refractivity contribution in [3.8, 4) is 0 Å². The van der Waals surface area contributed by atoms with Crippen LogP contribution in [0, 0.1) is 0 Å². The summed E-state index contributed by atoms with van der Waals surface area (Å²) >= 11 is 8.13. The molecule has 1 aliphatic carbocycles. The Hall–Kier alpha value is -1.10. The number of ether oxygens (including phenoxy) is 1. The minimum atomic E-state index is -0.396. The van der Waals surface area contributed by atoms with Crippen molar-refractivity contribution in [2.24, 2.45) is 0 Å². The van der Waals surface area contributed by atoms with Crippen LogP contribution in [0.1, 0.15) is 23.3 Å². The number of allylic oxidation sites excluding steroid dienone is 2. The van der Waals surface area contributed by atoms with Gasteiger partial charge < -0.3 is 4.74 Å². The molecule has 0 bridgehead atoms. The van der Waals surface area contributed by atoms with Gasteiger partial charge in [0.05, 0.1) is 7.11 Å². The smallest absolute Gasteiger partial charge is 0.327 e. The highest BCUT2D eigenvalue weighted by Crippen LogP contribution is 2.32. The highest BCUT2D eigenvalue weighted by atomic mass is 35.5. The molecule has 0 radical (unpaired) electrons. The minimum Gasteiger partial charge on any atom is -0.468 e. The van der Waals surface area contributed by atoms with E-state index < -0.39 is 6.04 Å². The summed E-state index contributed by atoms with van der Waals surface area (Å²) in [6, 6.07) is 1.75. The van der Waals surface area contributed by atoms with Crippen molar-refractivity contribution in [1.82, 2.24) is 4.90 Å². The Balaban J connectivity index is 1.89. The lowest BCUT2D eigenvalue weighted by molar-refractivity contribution is -0.145. The van der Waals surface area contributed by atoms with Crippen LogP contribution in [0.15, 0.2) is 34.2 Å². The van der Waals surface area contributed by atoms with Crippen LogP contribution in [0.3, 0.4) is 0 Å². The van der Waals surface area contributed by atoms with E-state index in [1.165, 1.54) is 17.6 Å². The summed E-state index contributed by atoms with van der Waals surface area (Å²) in [5, 5.41) is 2.81. The Kier molecular flexibility index (Phi) is 4.48. The molecule has 1 aromatic rings. The molecule has 0 fully saturated rings. The molecule has 2 aliphatic rings. The number of carbonyl (C=O) groups excluding carboxylic acids is 1. The van der Waals surface area contributed by atoms with Crippen LogP contribution in [0.25, 0.3) is 0 Å². The molecule has 0 N–H and O–H groups in total. The second kappa shape index (κ2) is 6.34. The topological polar surface area (TPSA) is 29.5 Å². The summed E-state index contributed by atoms with van der Waals surface area (Å²) in [6.07, 6.45) is 6.91. The number of nitrogens with zero attached hydrogens (tertiary/aromatic N) is 1. The molecule has 1 aliphatic heterocycles. The van der Waals surface area contributed by atoms with E-state index in [0.29, 0.717) is 5.03 Å². The molecule has 0 aromatic carbocycles. The van der Waals surface area contributed by atoms with E-state index in [1.807, 2.05) is 6.08 Å². The third-order valence-electron chi connectivity index (χ3n) is 4.05. The summed E-state index contributed by atoms with van der Waals surface area (Å²) in [5.41, 5.74) is 2.21. The number of hydrogen-bond donors (Lipinski definition) is 0. The van der Waals surface area contributed by atoms with E-state index in [0.717, 1.165) is 37.9 Å². The minimum absolute atomic E-state index is 0.228. The number of fused-ring (bicyclic) bond motifs is 1. The summed E-state index contributed by atoms with van der Waals surface area (Å²) in [5.74, 6) is -0.228. The number of esters is 1. The first-order valence-electron chi connectivity index (χ1n) is 7.14. The van der Waals surface area contributed by atoms with Gasteiger partial charge in [0.2, 0.25) is 0 Å². The van der Waals surface area contributed by atoms with Crippen LogP contribution in [0.4, 0.5) is 0 Å². The van der Waals surface area contributed by atoms with Gasteiger partial charge in [0.25, 0.3) is 0 Å². The van der Waals surface area contributed by atoms with Gasteiger partial charge in [0.1, 0.15) is 6.04 Å². The lowest BCUT2D eigenvalue weighted by Crippen LogP contribution is -2.45. The number of rotatable bonds is 3. The van der Waals surface area contributed by atoms with Crippen molar-refractivity contribution in [1.29, 1.82) is 0 Å². The van der Waals surface area contributed by atoms with Gasteiger partial charge in [0, 0.05) is 23.0 Å². The third-order valence-corrected chi connectivity index (χ3v) is 5.45. The Bertz CT molecular complexity index is 605. The average Bonchev–Trinajstić information content (AvgIpc) is 2.97. The zero-order chi connectivity index (χ0) is 14.8. The van der Waals surface area contributed by atoms with Crippen molar-refractivity contribution >= 4 is 28.9 Å². The molecule has 0 saturated heterocycles. The summed E-state index contributed by atoms with van der Waals surface area (Å²) in [6.45, 7) is 1.63. The fourth-order valence-electron chi connectivity index (χ4n) is 2.98. The van der Waals surface area contributed by atoms with Crippen LogP contribution in [0.5, 0.6) is 0 Å². The highest BCUT2D eigenvalue weighted by molar-refractivity contribution is 7.10. The van der Waals surface area contributed by atoms with Crippen molar-refractivity contribution in [2.75, 3.05) is 13.7 Å². The maximum Gasteiger partial charge on any atom is 0.327 e. The molecule has 112 valence electrons. The number of hydrogen-bond acceptors (Lipinski definition) is 4. The molecule has 1 aromatic heterocycles. The molecular weight excluding hydrogens is 306 g/mol. The Morgan fingerprint density at radius 1 is 1.43 bits per heavy atom. The second-order valence-corrected chi connectivity index (χ2v) is 6.71. The molecule has 1 unspecified atom stereocenters. The van der Waals surface area contributed by atoms with Crippen molar-refractivity contribution in [3.05, 3.63) is 44.6 Å². The normalized spacial score (nSPS) is 20.3. The van der Waals surface area contributed by atoms with Crippen LogP contribution in [0.2, 0.25) is 0 Å². The first-order chi connectivity index (χ1) is 10.2. The Morgan fingerprint density at radius 2 is 2.24 bits per heavy atom.